The van der Waals surface area contributed by atoms with Gasteiger partial charge in [0.2, 0.25) is 6.79 Å². The maximum Gasteiger partial charge on any atom is 0.328 e. The van der Waals surface area contributed by atoms with Gasteiger partial charge in [-0.15, -0.1) is 0 Å². The minimum Gasteiger partial charge on any atom is -0.478 e. The summed E-state index contributed by atoms with van der Waals surface area (Å²) in [5, 5.41) is 8.90. The molecule has 1 N–H and O–H groups in total. The lowest BCUT2D eigenvalue weighted by Crippen LogP contribution is -1.92. The fraction of sp³-hybridized carbons (Fsp3) is 0.100. The molecular weight excluding hydrogens is 220 g/mol. The van der Waals surface area contributed by atoms with Crippen molar-refractivity contribution in [2.24, 2.45) is 0 Å². The first kappa shape index (κ1) is 9.86. The van der Waals surface area contributed by atoms with Gasteiger partial charge < -0.3 is 14.6 Å². The number of fused-ring (bicyclic) bond motifs is 1. The molecule has 1 aromatic carbocycles. The molecule has 0 aliphatic carbocycles. The van der Waals surface area contributed by atoms with Crippen LogP contribution in [0.15, 0.2) is 18.2 Å². The molecule has 0 bridgehead atoms. The first-order valence-electron chi connectivity index (χ1n) is 4.17. The van der Waals surface area contributed by atoms with E-state index in [2.05, 4.69) is 0 Å². The van der Waals surface area contributed by atoms with Crippen LogP contribution in [0.3, 0.4) is 0 Å². The lowest BCUT2D eigenvalue weighted by molar-refractivity contribution is -0.131. The number of halogens is 1. The Bertz CT molecular complexity index is 439. The number of hydrogen-bond acceptors (Lipinski definition) is 3. The van der Waals surface area contributed by atoms with Crippen molar-refractivity contribution in [1.29, 1.82) is 0 Å². The van der Waals surface area contributed by atoms with Crippen LogP contribution in [0.4, 0.5) is 0 Å². The summed E-state index contributed by atoms with van der Waals surface area (Å²) in [5.74, 6) is 0.126. The number of rotatable bonds is 2. The number of aliphatic carboxylic acids is 1. The summed E-state index contributed by atoms with van der Waals surface area (Å²) < 4.78 is 10.3. The maximum atomic E-state index is 10.3. The minimum absolute atomic E-state index is 0.164. The molecule has 78 valence electrons. The molecule has 1 aliphatic heterocycles. The Balaban J connectivity index is 2.36. The van der Waals surface area contributed by atoms with Gasteiger partial charge in [-0.1, -0.05) is 11.6 Å². The molecule has 0 radical (unpaired) electrons. The summed E-state index contributed by atoms with van der Waals surface area (Å²) in [6.07, 6.45) is 2.43. The van der Waals surface area contributed by atoms with Crippen LogP contribution in [0.1, 0.15) is 5.56 Å². The van der Waals surface area contributed by atoms with E-state index in [-0.39, 0.29) is 6.79 Å². The zero-order chi connectivity index (χ0) is 10.8. The Hall–Kier alpha value is -1.68. The summed E-state index contributed by atoms with van der Waals surface area (Å²) in [5.41, 5.74) is 0.586. The van der Waals surface area contributed by atoms with Crippen molar-refractivity contribution in [2.45, 2.75) is 0 Å². The summed E-state index contributed by atoms with van der Waals surface area (Å²) in [6, 6.07) is 3.25. The Morgan fingerprint density at radius 2 is 2.07 bits per heavy atom. The van der Waals surface area contributed by atoms with E-state index in [1.165, 1.54) is 6.08 Å². The van der Waals surface area contributed by atoms with Crippen molar-refractivity contribution in [2.75, 3.05) is 6.79 Å². The lowest BCUT2D eigenvalue weighted by atomic mass is 10.2. The Kier molecular flexibility index (Phi) is 2.51. The van der Waals surface area contributed by atoms with Crippen molar-refractivity contribution < 1.29 is 19.4 Å². The van der Waals surface area contributed by atoms with E-state index >= 15 is 0 Å². The van der Waals surface area contributed by atoms with E-state index in [0.29, 0.717) is 22.1 Å². The van der Waals surface area contributed by atoms with E-state index in [4.69, 9.17) is 26.2 Å². The van der Waals surface area contributed by atoms with Crippen LogP contribution in [-0.4, -0.2) is 17.9 Å². The van der Waals surface area contributed by atoms with Crippen LogP contribution in [0.25, 0.3) is 6.08 Å². The van der Waals surface area contributed by atoms with E-state index < -0.39 is 5.97 Å². The third-order valence-corrected chi connectivity index (χ3v) is 2.22. The first-order valence-corrected chi connectivity index (χ1v) is 4.55. The normalized spacial score (nSPS) is 13.4. The second kappa shape index (κ2) is 3.82. The van der Waals surface area contributed by atoms with Crippen molar-refractivity contribution in [1.82, 2.24) is 0 Å². The highest BCUT2D eigenvalue weighted by molar-refractivity contribution is 6.32. The van der Waals surface area contributed by atoms with Gasteiger partial charge in [0.1, 0.15) is 0 Å². The largest absolute Gasteiger partial charge is 0.478 e. The van der Waals surface area contributed by atoms with Crippen LogP contribution in [0.2, 0.25) is 5.02 Å². The van der Waals surface area contributed by atoms with Crippen LogP contribution >= 0.6 is 11.6 Å². The molecule has 1 heterocycles. The SMILES string of the molecule is O=C(O)/C=C/c1cc2c(cc1Cl)OCO2. The van der Waals surface area contributed by atoms with Gasteiger partial charge in [0.25, 0.3) is 0 Å². The van der Waals surface area contributed by atoms with Crippen molar-refractivity contribution in [3.63, 3.8) is 0 Å². The van der Waals surface area contributed by atoms with Crippen molar-refractivity contribution in [3.8, 4) is 11.5 Å². The first-order chi connectivity index (χ1) is 7.16. The van der Waals surface area contributed by atoms with E-state index in [9.17, 15) is 4.79 Å². The summed E-state index contributed by atoms with van der Waals surface area (Å²) in [7, 11) is 0. The number of carboxylic acids is 1. The Labute approximate surface area is 90.7 Å². The Morgan fingerprint density at radius 3 is 2.73 bits per heavy atom. The third kappa shape index (κ3) is 2.05. The third-order valence-electron chi connectivity index (χ3n) is 1.90. The van der Waals surface area contributed by atoms with Gasteiger partial charge in [-0.2, -0.15) is 0 Å². The molecule has 0 spiro atoms. The monoisotopic (exact) mass is 226 g/mol. The fourth-order valence-corrected chi connectivity index (χ4v) is 1.44. The predicted molar refractivity (Wildman–Crippen MR) is 54.2 cm³/mol. The van der Waals surface area contributed by atoms with Gasteiger partial charge in [0, 0.05) is 12.1 Å². The summed E-state index contributed by atoms with van der Waals surface area (Å²) >= 11 is 5.91. The summed E-state index contributed by atoms with van der Waals surface area (Å²) in [6.45, 7) is 0.164. The van der Waals surface area contributed by atoms with Gasteiger partial charge in [-0.25, -0.2) is 4.79 Å². The van der Waals surface area contributed by atoms with Gasteiger partial charge in [0.15, 0.2) is 11.5 Å². The number of carbonyl (C=O) groups is 1. The van der Waals surface area contributed by atoms with E-state index in [1.807, 2.05) is 0 Å². The highest BCUT2D eigenvalue weighted by atomic mass is 35.5. The number of benzene rings is 1. The molecule has 0 amide bonds. The molecule has 1 aliphatic rings. The van der Waals surface area contributed by atoms with Crippen LogP contribution in [0.5, 0.6) is 11.5 Å². The average molecular weight is 227 g/mol. The topological polar surface area (TPSA) is 55.8 Å². The quantitative estimate of drug-likeness (QED) is 0.786. The van der Waals surface area contributed by atoms with Crippen LogP contribution in [-0.2, 0) is 4.79 Å². The van der Waals surface area contributed by atoms with Crippen LogP contribution in [0, 0.1) is 0 Å². The molecular formula is C10H7ClO4. The molecule has 0 atom stereocenters. The molecule has 4 nitrogen and oxygen atoms in total. The maximum absolute atomic E-state index is 10.3. The molecule has 0 saturated heterocycles. The van der Waals surface area contributed by atoms with Crippen LogP contribution < -0.4 is 9.47 Å². The highest BCUT2D eigenvalue weighted by Gasteiger charge is 2.15. The van der Waals surface area contributed by atoms with E-state index in [0.717, 1.165) is 6.08 Å². The zero-order valence-corrected chi connectivity index (χ0v) is 8.32. The molecule has 0 unspecified atom stereocenters. The van der Waals surface area contributed by atoms with Gasteiger partial charge in [-0.3, -0.25) is 0 Å². The highest BCUT2D eigenvalue weighted by Crippen LogP contribution is 2.37. The minimum atomic E-state index is -1.02. The molecule has 5 heteroatoms. The molecule has 2 rings (SSSR count). The second-order valence-corrected chi connectivity index (χ2v) is 3.31. The average Bonchev–Trinajstić information content (AvgIpc) is 2.60. The zero-order valence-electron chi connectivity index (χ0n) is 7.57. The van der Waals surface area contributed by atoms with E-state index in [1.54, 1.807) is 12.1 Å². The molecule has 0 saturated carbocycles. The molecule has 0 aromatic heterocycles. The lowest BCUT2D eigenvalue weighted by Gasteiger charge is -2.00. The number of ether oxygens (including phenoxy) is 2. The second-order valence-electron chi connectivity index (χ2n) is 2.90. The van der Waals surface area contributed by atoms with Crippen molar-refractivity contribution >= 4 is 23.6 Å². The number of carboxylic acid groups (broad SMARTS) is 1. The number of hydrogen-bond donors (Lipinski definition) is 1. The predicted octanol–water partition coefficient (Wildman–Crippen LogP) is 2.17. The molecule has 1 aromatic rings. The summed E-state index contributed by atoms with van der Waals surface area (Å²) in [4.78, 5) is 10.3. The van der Waals surface area contributed by atoms with Gasteiger partial charge >= 0.3 is 5.97 Å². The van der Waals surface area contributed by atoms with Crippen molar-refractivity contribution in [3.05, 3.63) is 28.8 Å². The van der Waals surface area contributed by atoms with Gasteiger partial charge in [0.05, 0.1) is 5.02 Å². The Morgan fingerprint density at radius 1 is 1.40 bits per heavy atom. The standard InChI is InChI=1S/C10H7ClO4/c11-7-4-9-8(14-5-15-9)3-6(7)1-2-10(12)13/h1-4H,5H2,(H,12,13)/b2-1+. The molecule has 0 fully saturated rings. The smallest absolute Gasteiger partial charge is 0.328 e. The van der Waals surface area contributed by atoms with Gasteiger partial charge in [-0.05, 0) is 17.7 Å². The molecule has 15 heavy (non-hydrogen) atoms. The fourth-order valence-electron chi connectivity index (χ4n) is 1.22.